The van der Waals surface area contributed by atoms with E-state index in [0.717, 1.165) is 18.2 Å². The van der Waals surface area contributed by atoms with E-state index < -0.39 is 23.5 Å². The molecule has 2 aromatic rings. The summed E-state index contributed by atoms with van der Waals surface area (Å²) in [5.41, 5.74) is -0.176. The monoisotopic (exact) mass is 315 g/mol. The maximum atomic E-state index is 14.1. The van der Waals surface area contributed by atoms with Crippen molar-refractivity contribution in [1.82, 2.24) is 5.32 Å². The Morgan fingerprint density at radius 3 is 2.14 bits per heavy atom. The summed E-state index contributed by atoms with van der Waals surface area (Å²) >= 11 is 5.69. The average molecular weight is 316 g/mol. The second-order valence-electron chi connectivity index (χ2n) is 4.39. The third-order valence-corrected chi connectivity index (χ3v) is 3.37. The number of rotatable bonds is 4. The van der Waals surface area contributed by atoms with Crippen LogP contribution in [0.3, 0.4) is 0 Å². The molecule has 6 heteroatoms. The van der Waals surface area contributed by atoms with E-state index in [1.165, 1.54) is 26.3 Å². The van der Waals surface area contributed by atoms with Gasteiger partial charge in [0, 0.05) is 28.3 Å². The number of ether oxygens (including phenoxy) is 1. The van der Waals surface area contributed by atoms with Crippen LogP contribution in [0.25, 0.3) is 0 Å². The molecule has 0 aliphatic rings. The zero-order valence-corrected chi connectivity index (χ0v) is 12.1. The van der Waals surface area contributed by atoms with E-state index in [0.29, 0.717) is 0 Å². The Morgan fingerprint density at radius 2 is 1.67 bits per heavy atom. The second-order valence-corrected chi connectivity index (χ2v) is 4.83. The molecular formula is C15H13ClF3NO. The molecule has 0 saturated carbocycles. The molecule has 1 N–H and O–H groups in total. The van der Waals surface area contributed by atoms with Crippen LogP contribution in [0.4, 0.5) is 13.2 Å². The molecule has 112 valence electrons. The first kappa shape index (κ1) is 15.7. The highest BCUT2D eigenvalue weighted by Gasteiger charge is 2.24. The quantitative estimate of drug-likeness (QED) is 0.918. The van der Waals surface area contributed by atoms with E-state index in [1.807, 2.05) is 0 Å². The number of nitrogens with one attached hydrogen (secondary N) is 1. The minimum Gasteiger partial charge on any atom is -0.497 e. The normalized spacial score (nSPS) is 12.3. The standard InChI is InChI=1S/C15H13ClF3NO/c1-20-15(10-4-3-8(16)5-11(10)17)14-12(18)6-9(21-2)7-13(14)19/h3-7,15,20H,1-2H3. The molecule has 0 aliphatic carbocycles. The SMILES string of the molecule is CNC(c1ccc(Cl)cc1F)c1c(F)cc(OC)cc1F. The molecule has 1 atom stereocenters. The lowest BCUT2D eigenvalue weighted by Gasteiger charge is -2.20. The van der Waals surface area contributed by atoms with Gasteiger partial charge in [0.05, 0.1) is 13.2 Å². The molecule has 0 radical (unpaired) electrons. The summed E-state index contributed by atoms with van der Waals surface area (Å²) < 4.78 is 47.0. The summed E-state index contributed by atoms with van der Waals surface area (Å²) in [6, 6.07) is 5.08. The van der Waals surface area contributed by atoms with Crippen molar-refractivity contribution in [3.8, 4) is 5.75 Å². The lowest BCUT2D eigenvalue weighted by atomic mass is 9.97. The fraction of sp³-hybridized carbons (Fsp3) is 0.200. The summed E-state index contributed by atoms with van der Waals surface area (Å²) in [6.45, 7) is 0. The van der Waals surface area contributed by atoms with Gasteiger partial charge in [0.1, 0.15) is 23.2 Å². The van der Waals surface area contributed by atoms with Gasteiger partial charge in [-0.1, -0.05) is 17.7 Å². The Balaban J connectivity index is 2.56. The fourth-order valence-corrected chi connectivity index (χ4v) is 2.30. The van der Waals surface area contributed by atoms with Crippen molar-refractivity contribution in [1.29, 1.82) is 0 Å². The zero-order chi connectivity index (χ0) is 15.6. The topological polar surface area (TPSA) is 21.3 Å². The third-order valence-electron chi connectivity index (χ3n) is 3.14. The molecule has 0 spiro atoms. The Hall–Kier alpha value is -1.72. The van der Waals surface area contributed by atoms with Crippen LogP contribution in [0.1, 0.15) is 17.2 Å². The predicted molar refractivity (Wildman–Crippen MR) is 75.2 cm³/mol. The van der Waals surface area contributed by atoms with Gasteiger partial charge in [-0.15, -0.1) is 0 Å². The number of methoxy groups -OCH3 is 1. The van der Waals surface area contributed by atoms with Gasteiger partial charge >= 0.3 is 0 Å². The van der Waals surface area contributed by atoms with Gasteiger partial charge in [0.2, 0.25) is 0 Å². The first-order chi connectivity index (χ1) is 9.97. The molecule has 2 aromatic carbocycles. The Bertz CT molecular complexity index is 640. The molecule has 0 heterocycles. The van der Waals surface area contributed by atoms with Crippen LogP contribution in [-0.2, 0) is 0 Å². The van der Waals surface area contributed by atoms with Crippen molar-refractivity contribution in [3.63, 3.8) is 0 Å². The van der Waals surface area contributed by atoms with Crippen LogP contribution in [0.2, 0.25) is 5.02 Å². The lowest BCUT2D eigenvalue weighted by Crippen LogP contribution is -2.21. The van der Waals surface area contributed by atoms with Crippen LogP contribution >= 0.6 is 11.6 Å². The van der Waals surface area contributed by atoms with Gasteiger partial charge in [-0.3, -0.25) is 0 Å². The van der Waals surface area contributed by atoms with Crippen molar-refractivity contribution in [2.45, 2.75) is 6.04 Å². The van der Waals surface area contributed by atoms with E-state index in [-0.39, 0.29) is 21.9 Å². The molecular weight excluding hydrogens is 303 g/mol. The van der Waals surface area contributed by atoms with E-state index >= 15 is 0 Å². The Labute approximate surface area is 125 Å². The predicted octanol–water partition coefficient (Wildman–Crippen LogP) is 4.07. The van der Waals surface area contributed by atoms with E-state index in [9.17, 15) is 13.2 Å². The highest BCUT2D eigenvalue weighted by atomic mass is 35.5. The minimum absolute atomic E-state index is 0.0557. The number of halogens is 4. The van der Waals surface area contributed by atoms with Crippen LogP contribution in [-0.4, -0.2) is 14.2 Å². The van der Waals surface area contributed by atoms with Crippen LogP contribution in [0.5, 0.6) is 5.75 Å². The molecule has 0 bridgehead atoms. The highest BCUT2D eigenvalue weighted by molar-refractivity contribution is 6.30. The fourth-order valence-electron chi connectivity index (χ4n) is 2.15. The maximum absolute atomic E-state index is 14.1. The van der Waals surface area contributed by atoms with E-state index in [4.69, 9.17) is 16.3 Å². The third kappa shape index (κ3) is 3.14. The van der Waals surface area contributed by atoms with Gasteiger partial charge in [-0.05, 0) is 19.2 Å². The first-order valence-electron chi connectivity index (χ1n) is 6.13. The number of hydrogen-bond acceptors (Lipinski definition) is 2. The van der Waals surface area contributed by atoms with Gasteiger partial charge in [0.15, 0.2) is 0 Å². The highest BCUT2D eigenvalue weighted by Crippen LogP contribution is 2.31. The molecule has 2 nitrogen and oxygen atoms in total. The van der Waals surface area contributed by atoms with Crippen molar-refractivity contribution < 1.29 is 17.9 Å². The molecule has 21 heavy (non-hydrogen) atoms. The Kier molecular flexibility index (Phi) is 4.75. The van der Waals surface area contributed by atoms with Gasteiger partial charge in [-0.25, -0.2) is 13.2 Å². The van der Waals surface area contributed by atoms with Gasteiger partial charge in [-0.2, -0.15) is 0 Å². The van der Waals surface area contributed by atoms with Crippen molar-refractivity contribution in [2.24, 2.45) is 0 Å². The summed E-state index contributed by atoms with van der Waals surface area (Å²) in [5.74, 6) is -2.22. The first-order valence-corrected chi connectivity index (χ1v) is 6.51. The molecule has 2 rings (SSSR count). The molecule has 0 aromatic heterocycles. The summed E-state index contributed by atoms with van der Waals surface area (Å²) in [4.78, 5) is 0. The van der Waals surface area contributed by atoms with Crippen LogP contribution < -0.4 is 10.1 Å². The van der Waals surface area contributed by atoms with E-state index in [2.05, 4.69) is 5.32 Å². The van der Waals surface area contributed by atoms with Crippen LogP contribution in [0, 0.1) is 17.5 Å². The molecule has 0 saturated heterocycles. The van der Waals surface area contributed by atoms with Crippen LogP contribution in [0.15, 0.2) is 30.3 Å². The Morgan fingerprint density at radius 1 is 1.05 bits per heavy atom. The summed E-state index contributed by atoms with van der Waals surface area (Å²) in [7, 11) is 2.80. The number of benzene rings is 2. The molecule has 1 unspecified atom stereocenters. The number of hydrogen-bond donors (Lipinski definition) is 1. The summed E-state index contributed by atoms with van der Waals surface area (Å²) in [5, 5.41) is 2.92. The largest absolute Gasteiger partial charge is 0.497 e. The van der Waals surface area contributed by atoms with Gasteiger partial charge in [0.25, 0.3) is 0 Å². The van der Waals surface area contributed by atoms with Crippen molar-refractivity contribution in [2.75, 3.05) is 14.2 Å². The van der Waals surface area contributed by atoms with Gasteiger partial charge < -0.3 is 10.1 Å². The molecule has 0 aliphatic heterocycles. The maximum Gasteiger partial charge on any atom is 0.134 e. The molecule has 0 fully saturated rings. The average Bonchev–Trinajstić information content (AvgIpc) is 2.43. The molecule has 0 amide bonds. The lowest BCUT2D eigenvalue weighted by molar-refractivity contribution is 0.403. The zero-order valence-electron chi connectivity index (χ0n) is 11.4. The van der Waals surface area contributed by atoms with Crippen molar-refractivity contribution in [3.05, 3.63) is 63.9 Å². The second kappa shape index (κ2) is 6.37. The van der Waals surface area contributed by atoms with Crippen molar-refractivity contribution >= 4 is 11.6 Å². The smallest absolute Gasteiger partial charge is 0.134 e. The summed E-state index contributed by atoms with van der Waals surface area (Å²) in [6.07, 6.45) is 0. The minimum atomic E-state index is -0.979. The van der Waals surface area contributed by atoms with E-state index in [1.54, 1.807) is 0 Å².